The van der Waals surface area contributed by atoms with Crippen LogP contribution in [0.2, 0.25) is 0 Å². The summed E-state index contributed by atoms with van der Waals surface area (Å²) < 4.78 is 7.16. The molecule has 1 aromatic heterocycles. The molecule has 2 heterocycles. The molecule has 0 bridgehead atoms. The molecule has 0 aliphatic carbocycles. The van der Waals surface area contributed by atoms with Gasteiger partial charge in [-0.15, -0.1) is 11.8 Å². The van der Waals surface area contributed by atoms with Gasteiger partial charge in [0, 0.05) is 12.7 Å². The van der Waals surface area contributed by atoms with Gasteiger partial charge >= 0.3 is 0 Å². The van der Waals surface area contributed by atoms with Crippen LogP contribution in [0.3, 0.4) is 0 Å². The predicted octanol–water partition coefficient (Wildman–Crippen LogP) is 1.15. The summed E-state index contributed by atoms with van der Waals surface area (Å²) in [6.45, 7) is 1.55. The summed E-state index contributed by atoms with van der Waals surface area (Å²) in [5, 5.41) is 5.36. The summed E-state index contributed by atoms with van der Waals surface area (Å²) in [6, 6.07) is 2.24. The molecule has 0 aromatic carbocycles. The molecule has 1 fully saturated rings. The number of thioether (sulfide) groups is 1. The average molecular weight is 199 g/mol. The fourth-order valence-electron chi connectivity index (χ4n) is 1.49. The largest absolute Gasteiger partial charge is 0.384 e. The molecule has 0 spiro atoms. The molecule has 1 aliphatic heterocycles. The fraction of sp³-hybridized carbons (Fsp3) is 0.625. The Morgan fingerprint density at radius 1 is 1.77 bits per heavy atom. The van der Waals surface area contributed by atoms with Gasteiger partial charge in [-0.25, -0.2) is 4.68 Å². The van der Waals surface area contributed by atoms with Gasteiger partial charge in [0.15, 0.2) is 0 Å². The second-order valence-corrected chi connectivity index (χ2v) is 3.90. The lowest BCUT2D eigenvalue weighted by Gasteiger charge is -2.09. The van der Waals surface area contributed by atoms with Gasteiger partial charge in [-0.3, -0.25) is 0 Å². The molecule has 2 rings (SSSR count). The van der Waals surface area contributed by atoms with Gasteiger partial charge in [0.2, 0.25) is 0 Å². The quantitative estimate of drug-likeness (QED) is 0.726. The van der Waals surface area contributed by atoms with Gasteiger partial charge in [0.1, 0.15) is 10.8 Å². The van der Waals surface area contributed by atoms with Crippen LogP contribution in [0.4, 0.5) is 5.82 Å². The minimum Gasteiger partial charge on any atom is -0.384 e. The molecule has 1 aliphatic rings. The molecule has 1 atom stereocenters. The Morgan fingerprint density at radius 2 is 2.62 bits per heavy atom. The van der Waals surface area contributed by atoms with Gasteiger partial charge in [-0.05, 0) is 12.7 Å². The molecule has 1 aromatic rings. The van der Waals surface area contributed by atoms with Crippen molar-refractivity contribution in [3.8, 4) is 0 Å². The molecule has 1 saturated heterocycles. The third-order valence-corrected chi connectivity index (χ3v) is 2.82. The highest BCUT2D eigenvalue weighted by Crippen LogP contribution is 2.24. The maximum absolute atomic E-state index is 5.83. The van der Waals surface area contributed by atoms with Crippen molar-refractivity contribution in [2.45, 2.75) is 17.5 Å². The van der Waals surface area contributed by atoms with Crippen LogP contribution in [-0.2, 0) is 4.74 Å². The summed E-state index contributed by atoms with van der Waals surface area (Å²) in [7, 11) is 0. The molecule has 13 heavy (non-hydrogen) atoms. The summed E-state index contributed by atoms with van der Waals surface area (Å²) in [4.78, 5) is 0. The summed E-state index contributed by atoms with van der Waals surface area (Å²) in [5.74, 6) is 0.736. The molecule has 0 saturated carbocycles. The third kappa shape index (κ3) is 1.66. The van der Waals surface area contributed by atoms with Crippen molar-refractivity contribution < 1.29 is 4.74 Å². The number of nitrogen functional groups attached to an aromatic ring is 1. The second-order valence-electron chi connectivity index (χ2n) is 3.07. The first kappa shape index (κ1) is 8.90. The van der Waals surface area contributed by atoms with Crippen molar-refractivity contribution in [3.05, 3.63) is 6.07 Å². The van der Waals surface area contributed by atoms with Gasteiger partial charge in [0.05, 0.1) is 12.6 Å². The van der Waals surface area contributed by atoms with Crippen molar-refractivity contribution in [2.75, 3.05) is 25.2 Å². The second kappa shape index (κ2) is 3.59. The van der Waals surface area contributed by atoms with E-state index in [1.54, 1.807) is 11.8 Å². The van der Waals surface area contributed by atoms with E-state index in [1.807, 2.05) is 17.0 Å². The molecule has 72 valence electrons. The van der Waals surface area contributed by atoms with E-state index in [9.17, 15) is 0 Å². The Kier molecular flexibility index (Phi) is 2.46. The van der Waals surface area contributed by atoms with E-state index >= 15 is 0 Å². The minimum atomic E-state index is 0.334. The van der Waals surface area contributed by atoms with Gasteiger partial charge in [0.25, 0.3) is 0 Å². The maximum Gasteiger partial charge on any atom is 0.123 e. The van der Waals surface area contributed by atoms with Crippen LogP contribution in [0.5, 0.6) is 0 Å². The van der Waals surface area contributed by atoms with Gasteiger partial charge in [-0.1, -0.05) is 0 Å². The van der Waals surface area contributed by atoms with E-state index in [-0.39, 0.29) is 0 Å². The first-order valence-corrected chi connectivity index (χ1v) is 5.50. The highest BCUT2D eigenvalue weighted by Gasteiger charge is 2.20. The van der Waals surface area contributed by atoms with E-state index in [0.717, 1.165) is 30.5 Å². The molecular weight excluding hydrogens is 186 g/mol. The van der Waals surface area contributed by atoms with Crippen molar-refractivity contribution in [3.63, 3.8) is 0 Å². The number of ether oxygens (including phenoxy) is 1. The number of nitrogens with two attached hydrogens (primary N) is 1. The van der Waals surface area contributed by atoms with E-state index in [4.69, 9.17) is 10.5 Å². The molecule has 5 heteroatoms. The van der Waals surface area contributed by atoms with Crippen LogP contribution in [-0.4, -0.2) is 29.3 Å². The molecule has 4 nitrogen and oxygen atoms in total. The minimum absolute atomic E-state index is 0.334. The first-order valence-electron chi connectivity index (χ1n) is 4.28. The van der Waals surface area contributed by atoms with Crippen molar-refractivity contribution in [1.29, 1.82) is 0 Å². The standard InChI is InChI=1S/C8H13N3OS/c1-13-8-4-7(9)11(10-8)6-2-3-12-5-6/h4,6H,2-3,5,9H2,1H3. The third-order valence-electron chi connectivity index (χ3n) is 2.20. The van der Waals surface area contributed by atoms with Crippen molar-refractivity contribution in [1.82, 2.24) is 9.78 Å². The normalized spacial score (nSPS) is 22.4. The van der Waals surface area contributed by atoms with E-state index in [2.05, 4.69) is 5.10 Å². The summed E-state index contributed by atoms with van der Waals surface area (Å²) in [5.41, 5.74) is 5.83. The van der Waals surface area contributed by atoms with Crippen LogP contribution in [0.15, 0.2) is 11.1 Å². The number of rotatable bonds is 2. The van der Waals surface area contributed by atoms with Crippen LogP contribution < -0.4 is 5.73 Å². The topological polar surface area (TPSA) is 53.1 Å². The van der Waals surface area contributed by atoms with Crippen LogP contribution in [0.1, 0.15) is 12.5 Å². The zero-order valence-corrected chi connectivity index (χ0v) is 8.38. The molecule has 2 N–H and O–H groups in total. The zero-order valence-electron chi connectivity index (χ0n) is 7.56. The molecular formula is C8H13N3OS. The molecule has 1 unspecified atom stereocenters. The van der Waals surface area contributed by atoms with Crippen LogP contribution in [0.25, 0.3) is 0 Å². The van der Waals surface area contributed by atoms with E-state index in [0.29, 0.717) is 6.04 Å². The van der Waals surface area contributed by atoms with Gasteiger partial charge < -0.3 is 10.5 Å². The number of aromatic nitrogens is 2. The van der Waals surface area contributed by atoms with Crippen molar-refractivity contribution in [2.24, 2.45) is 0 Å². The Balaban J connectivity index is 2.22. The predicted molar refractivity (Wildman–Crippen MR) is 52.9 cm³/mol. The SMILES string of the molecule is CSc1cc(N)n(C2CCOC2)n1. The van der Waals surface area contributed by atoms with Crippen LogP contribution >= 0.6 is 11.8 Å². The van der Waals surface area contributed by atoms with E-state index < -0.39 is 0 Å². The lowest BCUT2D eigenvalue weighted by Crippen LogP contribution is -2.12. The molecule has 0 radical (unpaired) electrons. The number of hydrogen-bond acceptors (Lipinski definition) is 4. The number of hydrogen-bond donors (Lipinski definition) is 1. The van der Waals surface area contributed by atoms with Gasteiger partial charge in [-0.2, -0.15) is 5.10 Å². The maximum atomic E-state index is 5.83. The summed E-state index contributed by atoms with van der Waals surface area (Å²) in [6.07, 6.45) is 3.01. The lowest BCUT2D eigenvalue weighted by atomic mass is 10.3. The zero-order chi connectivity index (χ0) is 9.26. The summed E-state index contributed by atoms with van der Waals surface area (Å²) >= 11 is 1.61. The lowest BCUT2D eigenvalue weighted by molar-refractivity contribution is 0.184. The number of anilines is 1. The van der Waals surface area contributed by atoms with E-state index in [1.165, 1.54) is 0 Å². The fourth-order valence-corrected chi connectivity index (χ4v) is 1.90. The smallest absolute Gasteiger partial charge is 0.123 e. The van der Waals surface area contributed by atoms with Crippen LogP contribution in [0, 0.1) is 0 Å². The Labute approximate surface area is 81.4 Å². The average Bonchev–Trinajstić information content (AvgIpc) is 2.72. The Bertz CT molecular complexity index is 294. The van der Waals surface area contributed by atoms with Crippen molar-refractivity contribution >= 4 is 17.6 Å². The Hall–Kier alpha value is -0.680. The molecule has 0 amide bonds. The first-order chi connectivity index (χ1) is 6.31. The Morgan fingerprint density at radius 3 is 3.15 bits per heavy atom. The highest BCUT2D eigenvalue weighted by molar-refractivity contribution is 7.98. The highest BCUT2D eigenvalue weighted by atomic mass is 32.2. The monoisotopic (exact) mass is 199 g/mol. The number of nitrogens with zero attached hydrogens (tertiary/aromatic N) is 2.